The molecule has 0 spiro atoms. The number of nitrogens with one attached hydrogen (secondary N) is 3. The van der Waals surface area contributed by atoms with Gasteiger partial charge in [-0.05, 0) is 26.0 Å². The minimum absolute atomic E-state index is 0.0593. The number of carbonyl (C=O) groups excluding carboxylic acids is 2. The molecule has 7 nitrogen and oxygen atoms in total. The van der Waals surface area contributed by atoms with Crippen LogP contribution in [0.15, 0.2) is 36.7 Å². The third kappa shape index (κ3) is 4.00. The van der Waals surface area contributed by atoms with Crippen molar-refractivity contribution >= 4 is 46.2 Å². The van der Waals surface area contributed by atoms with Gasteiger partial charge in [0.1, 0.15) is 5.65 Å². The standard InChI is InChI=1S/C20H21ClN4O3/c1-3-28-10-12(2)25-18-16(24-11-26)9-23-20-17(18)14(8-22-20)19(27)13-6-4-5-7-15(13)21/h4-9,11-12H,3,10H2,1-2H3,(H,24,26)(H2,22,23,25). The van der Waals surface area contributed by atoms with E-state index in [1.54, 1.807) is 30.5 Å². The van der Waals surface area contributed by atoms with Crippen LogP contribution < -0.4 is 10.6 Å². The van der Waals surface area contributed by atoms with Gasteiger partial charge < -0.3 is 20.4 Å². The molecule has 8 heteroatoms. The second kappa shape index (κ2) is 8.86. The molecule has 1 amide bonds. The average Bonchev–Trinajstić information content (AvgIpc) is 3.12. The van der Waals surface area contributed by atoms with Crippen molar-refractivity contribution in [2.24, 2.45) is 0 Å². The third-order valence-electron chi connectivity index (χ3n) is 4.24. The van der Waals surface area contributed by atoms with Gasteiger partial charge in [-0.15, -0.1) is 0 Å². The number of carbonyl (C=O) groups is 2. The van der Waals surface area contributed by atoms with Crippen LogP contribution in [0.3, 0.4) is 0 Å². The van der Waals surface area contributed by atoms with E-state index in [4.69, 9.17) is 16.3 Å². The number of pyridine rings is 1. The molecule has 2 heterocycles. The number of halogens is 1. The molecule has 3 rings (SSSR count). The summed E-state index contributed by atoms with van der Waals surface area (Å²) in [5.74, 6) is -0.234. The van der Waals surface area contributed by atoms with Crippen LogP contribution in [0, 0.1) is 0 Å². The number of fused-ring (bicyclic) bond motifs is 1. The summed E-state index contributed by atoms with van der Waals surface area (Å²) >= 11 is 6.21. The lowest BCUT2D eigenvalue weighted by molar-refractivity contribution is -0.105. The molecule has 3 aromatic rings. The van der Waals surface area contributed by atoms with Crippen molar-refractivity contribution in [1.82, 2.24) is 9.97 Å². The van der Waals surface area contributed by atoms with E-state index in [2.05, 4.69) is 20.6 Å². The average molecular weight is 401 g/mol. The quantitative estimate of drug-likeness (QED) is 0.374. The number of hydrogen-bond donors (Lipinski definition) is 3. The molecule has 0 saturated heterocycles. The molecule has 0 aliphatic carbocycles. The van der Waals surface area contributed by atoms with Crippen molar-refractivity contribution in [2.75, 3.05) is 23.8 Å². The first kappa shape index (κ1) is 19.9. The maximum atomic E-state index is 13.1. The Morgan fingerprint density at radius 3 is 2.86 bits per heavy atom. The molecule has 0 aliphatic heterocycles. The van der Waals surface area contributed by atoms with E-state index in [1.165, 1.54) is 6.20 Å². The second-order valence-electron chi connectivity index (χ2n) is 6.25. The van der Waals surface area contributed by atoms with Crippen molar-refractivity contribution in [3.63, 3.8) is 0 Å². The summed E-state index contributed by atoms with van der Waals surface area (Å²) < 4.78 is 5.46. The summed E-state index contributed by atoms with van der Waals surface area (Å²) in [7, 11) is 0. The van der Waals surface area contributed by atoms with Crippen LogP contribution >= 0.6 is 11.6 Å². The summed E-state index contributed by atoms with van der Waals surface area (Å²) in [6, 6.07) is 6.81. The minimum atomic E-state index is -0.234. The van der Waals surface area contributed by atoms with Crippen LogP contribution in [0.25, 0.3) is 11.0 Å². The first-order valence-corrected chi connectivity index (χ1v) is 9.28. The summed E-state index contributed by atoms with van der Waals surface area (Å²) in [5.41, 5.74) is 2.40. The zero-order valence-electron chi connectivity index (χ0n) is 15.6. The highest BCUT2D eigenvalue weighted by Crippen LogP contribution is 2.34. The number of benzene rings is 1. The Bertz CT molecular complexity index is 1000. The topological polar surface area (TPSA) is 96.1 Å². The smallest absolute Gasteiger partial charge is 0.211 e. The molecule has 0 radical (unpaired) electrons. The number of ketones is 1. The number of rotatable bonds is 9. The maximum Gasteiger partial charge on any atom is 0.211 e. The lowest BCUT2D eigenvalue weighted by atomic mass is 10.0. The van der Waals surface area contributed by atoms with E-state index in [0.29, 0.717) is 58.2 Å². The molecule has 2 aromatic heterocycles. The number of anilines is 2. The molecule has 146 valence electrons. The zero-order chi connectivity index (χ0) is 20.1. The molecule has 1 unspecified atom stereocenters. The normalized spacial score (nSPS) is 12.0. The number of aromatic nitrogens is 2. The first-order chi connectivity index (χ1) is 13.6. The fourth-order valence-electron chi connectivity index (χ4n) is 2.97. The van der Waals surface area contributed by atoms with E-state index in [1.807, 2.05) is 13.8 Å². The lowest BCUT2D eigenvalue weighted by Crippen LogP contribution is -2.23. The predicted molar refractivity (Wildman–Crippen MR) is 110 cm³/mol. The van der Waals surface area contributed by atoms with Crippen molar-refractivity contribution in [1.29, 1.82) is 0 Å². The highest BCUT2D eigenvalue weighted by atomic mass is 35.5. The summed E-state index contributed by atoms with van der Waals surface area (Å²) in [6.45, 7) is 4.94. The van der Waals surface area contributed by atoms with Crippen LogP contribution in [0.1, 0.15) is 29.8 Å². The van der Waals surface area contributed by atoms with Crippen LogP contribution in [0.5, 0.6) is 0 Å². The first-order valence-electron chi connectivity index (χ1n) is 8.90. The van der Waals surface area contributed by atoms with E-state index < -0.39 is 0 Å². The van der Waals surface area contributed by atoms with Gasteiger partial charge in [-0.25, -0.2) is 4.98 Å². The van der Waals surface area contributed by atoms with Crippen molar-refractivity contribution in [3.05, 3.63) is 52.8 Å². The molecule has 0 fully saturated rings. The Hall–Kier alpha value is -2.90. The van der Waals surface area contributed by atoms with Crippen molar-refractivity contribution < 1.29 is 14.3 Å². The van der Waals surface area contributed by atoms with E-state index in [-0.39, 0.29) is 11.8 Å². The van der Waals surface area contributed by atoms with Crippen LogP contribution in [-0.2, 0) is 9.53 Å². The lowest BCUT2D eigenvalue weighted by Gasteiger charge is -2.19. The van der Waals surface area contributed by atoms with Gasteiger partial charge in [0.25, 0.3) is 0 Å². The van der Waals surface area contributed by atoms with Gasteiger partial charge in [-0.1, -0.05) is 23.7 Å². The Kier molecular flexibility index (Phi) is 6.28. The molecule has 0 aliphatic rings. The number of nitrogens with zero attached hydrogens (tertiary/aromatic N) is 1. The molecule has 28 heavy (non-hydrogen) atoms. The molecule has 1 aromatic carbocycles. The van der Waals surface area contributed by atoms with Crippen LogP contribution in [0.2, 0.25) is 5.02 Å². The number of aromatic amines is 1. The Morgan fingerprint density at radius 2 is 2.14 bits per heavy atom. The summed E-state index contributed by atoms with van der Waals surface area (Å²) in [4.78, 5) is 31.5. The number of amides is 1. The van der Waals surface area contributed by atoms with Crippen molar-refractivity contribution in [2.45, 2.75) is 19.9 Å². The van der Waals surface area contributed by atoms with Gasteiger partial charge >= 0.3 is 0 Å². The van der Waals surface area contributed by atoms with Gasteiger partial charge in [0.05, 0.1) is 40.2 Å². The number of H-pyrrole nitrogens is 1. The zero-order valence-corrected chi connectivity index (χ0v) is 16.3. The molecular formula is C20H21ClN4O3. The number of hydrogen-bond acceptors (Lipinski definition) is 5. The predicted octanol–water partition coefficient (Wildman–Crippen LogP) is 3.85. The Morgan fingerprint density at radius 1 is 1.36 bits per heavy atom. The van der Waals surface area contributed by atoms with E-state index >= 15 is 0 Å². The highest BCUT2D eigenvalue weighted by molar-refractivity contribution is 6.35. The monoisotopic (exact) mass is 400 g/mol. The summed E-state index contributed by atoms with van der Waals surface area (Å²) in [6.07, 6.45) is 3.71. The van der Waals surface area contributed by atoms with Crippen LogP contribution in [0.4, 0.5) is 11.4 Å². The fourth-order valence-corrected chi connectivity index (χ4v) is 3.19. The van der Waals surface area contributed by atoms with Gasteiger partial charge in [-0.3, -0.25) is 9.59 Å². The number of ether oxygens (including phenoxy) is 1. The molecule has 0 saturated carbocycles. The second-order valence-corrected chi connectivity index (χ2v) is 6.66. The fraction of sp³-hybridized carbons (Fsp3) is 0.250. The third-order valence-corrected chi connectivity index (χ3v) is 4.57. The summed E-state index contributed by atoms with van der Waals surface area (Å²) in [5, 5.41) is 6.92. The Labute approximate surface area is 167 Å². The molecule has 1 atom stereocenters. The minimum Gasteiger partial charge on any atom is -0.380 e. The van der Waals surface area contributed by atoms with Gasteiger partial charge in [0, 0.05) is 24.4 Å². The maximum absolute atomic E-state index is 13.1. The van der Waals surface area contributed by atoms with Gasteiger partial charge in [0.2, 0.25) is 6.41 Å². The van der Waals surface area contributed by atoms with Gasteiger partial charge in [0.15, 0.2) is 5.78 Å². The molecular weight excluding hydrogens is 380 g/mol. The van der Waals surface area contributed by atoms with Crippen molar-refractivity contribution in [3.8, 4) is 0 Å². The Balaban J connectivity index is 2.12. The highest BCUT2D eigenvalue weighted by Gasteiger charge is 2.22. The largest absolute Gasteiger partial charge is 0.380 e. The van der Waals surface area contributed by atoms with Gasteiger partial charge in [-0.2, -0.15) is 0 Å². The van der Waals surface area contributed by atoms with Crippen LogP contribution in [-0.4, -0.2) is 41.4 Å². The molecule has 0 bridgehead atoms. The SMILES string of the molecule is CCOCC(C)Nc1c(NC=O)cnc2[nH]cc(C(=O)c3ccccc3Cl)c12. The van der Waals surface area contributed by atoms with E-state index in [9.17, 15) is 9.59 Å². The van der Waals surface area contributed by atoms with E-state index in [0.717, 1.165) is 0 Å². The molecule has 3 N–H and O–H groups in total.